The Morgan fingerprint density at radius 2 is 0.839 bits per heavy atom. The third kappa shape index (κ3) is 5.96. The normalized spacial score (nSPS) is 16.6. The van der Waals surface area contributed by atoms with Crippen molar-refractivity contribution in [3.8, 4) is 56.0 Å². The fourth-order valence-corrected chi connectivity index (χ4v) is 10.2. The molecule has 9 aromatic carbocycles. The summed E-state index contributed by atoms with van der Waals surface area (Å²) in [4.78, 5) is 5.35. The monoisotopic (exact) mass is 794 g/mol. The van der Waals surface area contributed by atoms with Gasteiger partial charge in [-0.05, 0) is 103 Å². The summed E-state index contributed by atoms with van der Waals surface area (Å²) in [5.41, 5.74) is 18.7. The summed E-state index contributed by atoms with van der Waals surface area (Å²) >= 11 is 0. The van der Waals surface area contributed by atoms with Crippen molar-refractivity contribution in [2.75, 3.05) is 0 Å². The van der Waals surface area contributed by atoms with Gasteiger partial charge in [-0.2, -0.15) is 0 Å². The molecule has 1 N–H and O–H groups in total. The average molecular weight is 795 g/mol. The van der Waals surface area contributed by atoms with Crippen molar-refractivity contribution in [2.45, 2.75) is 24.0 Å². The Labute approximate surface area is 362 Å². The van der Waals surface area contributed by atoms with Crippen molar-refractivity contribution < 1.29 is 4.74 Å². The molecule has 0 saturated carbocycles. The maximum atomic E-state index is 6.70. The van der Waals surface area contributed by atoms with Gasteiger partial charge < -0.3 is 4.74 Å². The lowest BCUT2D eigenvalue weighted by Crippen LogP contribution is -2.33. The highest BCUT2D eigenvalue weighted by molar-refractivity contribution is 6.02. The molecule has 1 aliphatic carbocycles. The zero-order valence-electron chi connectivity index (χ0n) is 34.1. The Morgan fingerprint density at radius 3 is 1.47 bits per heavy atom. The topological polar surface area (TPSA) is 33.6 Å². The minimum Gasteiger partial charge on any atom is -0.457 e. The average Bonchev–Trinajstić information content (AvgIpc) is 3.64. The second-order valence-electron chi connectivity index (χ2n) is 16.6. The molecule has 3 aliphatic rings. The number of fused-ring (bicyclic) bond motifs is 9. The van der Waals surface area contributed by atoms with Crippen LogP contribution in [0.4, 0.5) is 0 Å². The molecule has 2 heterocycles. The fraction of sp³-hybridized carbons (Fsp3) is 0.0678. The van der Waals surface area contributed by atoms with Gasteiger partial charge in [0.15, 0.2) is 0 Å². The first-order valence-electron chi connectivity index (χ1n) is 21.6. The van der Waals surface area contributed by atoms with Gasteiger partial charge in [-0.15, -0.1) is 0 Å². The van der Waals surface area contributed by atoms with E-state index in [1.807, 2.05) is 0 Å². The first-order chi connectivity index (χ1) is 30.7. The van der Waals surface area contributed by atoms with Gasteiger partial charge in [0.1, 0.15) is 17.7 Å². The molecule has 294 valence electrons. The first kappa shape index (κ1) is 36.3. The quantitative estimate of drug-likeness (QED) is 0.182. The van der Waals surface area contributed by atoms with Gasteiger partial charge >= 0.3 is 0 Å². The standard InChI is InChI=1S/C59H42N2O/c1-4-15-39(16-5-1)41-27-29-42(30-28-41)54-38-55(61-58(60-54)43-19-8-3-9-20-43)47-22-14-21-44(35-47)46-32-34-49-48-33-31-45(40-17-6-2-7-18-40)36-52(48)59(53(49)37-46)50-23-10-12-25-56(50)62-57-26-13-11-24-51(57)59/h1-37,55,58,61H,38H2. The second kappa shape index (κ2) is 14.8. The molecule has 0 saturated heterocycles. The molecule has 3 heteroatoms. The molecule has 9 aromatic rings. The van der Waals surface area contributed by atoms with E-state index < -0.39 is 5.41 Å². The number of hydrogen-bond donors (Lipinski definition) is 1. The minimum absolute atomic E-state index is 0.0529. The number of rotatable bonds is 6. The smallest absolute Gasteiger partial charge is 0.132 e. The molecule has 0 amide bonds. The molecule has 12 rings (SSSR count). The van der Waals surface area contributed by atoms with Crippen LogP contribution >= 0.6 is 0 Å². The van der Waals surface area contributed by atoms with E-state index >= 15 is 0 Å². The summed E-state index contributed by atoms with van der Waals surface area (Å²) in [6.07, 6.45) is 0.604. The highest BCUT2D eigenvalue weighted by atomic mass is 16.5. The molecule has 2 atom stereocenters. The van der Waals surface area contributed by atoms with Gasteiger partial charge in [0.25, 0.3) is 0 Å². The predicted molar refractivity (Wildman–Crippen MR) is 253 cm³/mol. The number of hydrogen-bond acceptors (Lipinski definition) is 3. The zero-order chi connectivity index (χ0) is 41.0. The zero-order valence-corrected chi connectivity index (χ0v) is 34.1. The van der Waals surface area contributed by atoms with Gasteiger partial charge in [-0.25, -0.2) is 0 Å². The molecule has 0 fully saturated rings. The number of ether oxygens (including phenoxy) is 1. The first-order valence-corrected chi connectivity index (χ1v) is 21.6. The van der Waals surface area contributed by atoms with E-state index in [2.05, 4.69) is 230 Å². The predicted octanol–water partition coefficient (Wildman–Crippen LogP) is 14.4. The van der Waals surface area contributed by atoms with Crippen LogP contribution in [0.15, 0.2) is 229 Å². The third-order valence-corrected chi connectivity index (χ3v) is 13.2. The summed E-state index contributed by atoms with van der Waals surface area (Å²) in [5, 5.41) is 3.94. The van der Waals surface area contributed by atoms with E-state index in [-0.39, 0.29) is 12.2 Å². The van der Waals surface area contributed by atoms with Crippen molar-refractivity contribution in [1.29, 1.82) is 0 Å². The largest absolute Gasteiger partial charge is 0.457 e. The summed E-state index contributed by atoms with van der Waals surface area (Å²) in [7, 11) is 0. The summed E-state index contributed by atoms with van der Waals surface area (Å²) < 4.78 is 6.70. The molecule has 1 spiro atoms. The number of benzene rings is 9. The Morgan fingerprint density at radius 1 is 0.387 bits per heavy atom. The number of nitrogens with zero attached hydrogens (tertiary/aromatic N) is 1. The van der Waals surface area contributed by atoms with Crippen molar-refractivity contribution >= 4 is 5.71 Å². The Kier molecular flexibility index (Phi) is 8.69. The number of aliphatic imine (C=N–C) groups is 1. The van der Waals surface area contributed by atoms with Crippen molar-refractivity contribution in [3.05, 3.63) is 263 Å². The number of nitrogens with one attached hydrogen (secondary N) is 1. The van der Waals surface area contributed by atoms with Crippen LogP contribution in [-0.4, -0.2) is 5.71 Å². The van der Waals surface area contributed by atoms with Crippen molar-refractivity contribution in [1.82, 2.24) is 5.32 Å². The van der Waals surface area contributed by atoms with E-state index in [0.29, 0.717) is 0 Å². The van der Waals surface area contributed by atoms with Crippen LogP contribution in [0.1, 0.15) is 57.6 Å². The molecule has 3 nitrogen and oxygen atoms in total. The lowest BCUT2D eigenvalue weighted by Gasteiger charge is -2.39. The minimum atomic E-state index is -0.580. The van der Waals surface area contributed by atoms with E-state index in [4.69, 9.17) is 9.73 Å². The maximum Gasteiger partial charge on any atom is 0.132 e. The van der Waals surface area contributed by atoms with Crippen LogP contribution in [0.25, 0.3) is 44.5 Å². The summed E-state index contributed by atoms with van der Waals surface area (Å²) in [6.45, 7) is 0. The third-order valence-electron chi connectivity index (χ3n) is 13.2. The van der Waals surface area contributed by atoms with E-state index in [0.717, 1.165) is 45.9 Å². The van der Waals surface area contributed by atoms with E-state index in [9.17, 15) is 0 Å². The van der Waals surface area contributed by atoms with Gasteiger partial charge in [-0.1, -0.05) is 194 Å². The Balaban J connectivity index is 0.969. The van der Waals surface area contributed by atoms with Crippen molar-refractivity contribution in [3.63, 3.8) is 0 Å². The molecule has 0 bridgehead atoms. The molecular weight excluding hydrogens is 753 g/mol. The lowest BCUT2D eigenvalue weighted by atomic mass is 9.65. The molecule has 0 aromatic heterocycles. The van der Waals surface area contributed by atoms with Crippen LogP contribution in [0, 0.1) is 0 Å². The van der Waals surface area contributed by atoms with E-state index in [1.54, 1.807) is 0 Å². The molecular formula is C59H42N2O. The summed E-state index contributed by atoms with van der Waals surface area (Å²) in [6, 6.07) is 81.4. The van der Waals surface area contributed by atoms with Crippen molar-refractivity contribution in [2.24, 2.45) is 4.99 Å². The number of para-hydroxylation sites is 2. The molecule has 2 unspecified atom stereocenters. The van der Waals surface area contributed by atoms with Crippen LogP contribution in [0.3, 0.4) is 0 Å². The Hall–Kier alpha value is -7.59. The summed E-state index contributed by atoms with van der Waals surface area (Å²) in [5.74, 6) is 1.79. The van der Waals surface area contributed by atoms with Crippen LogP contribution < -0.4 is 10.1 Å². The van der Waals surface area contributed by atoms with Gasteiger partial charge in [0, 0.05) is 29.3 Å². The maximum absolute atomic E-state index is 6.70. The van der Waals surface area contributed by atoms with Gasteiger partial charge in [0.05, 0.1) is 5.41 Å². The van der Waals surface area contributed by atoms with E-state index in [1.165, 1.54) is 61.2 Å². The van der Waals surface area contributed by atoms with Crippen LogP contribution in [-0.2, 0) is 5.41 Å². The Bertz CT molecular complexity index is 3110. The highest BCUT2D eigenvalue weighted by Crippen LogP contribution is 2.62. The second-order valence-corrected chi connectivity index (χ2v) is 16.6. The van der Waals surface area contributed by atoms with Gasteiger partial charge in [-0.3, -0.25) is 10.3 Å². The SMILES string of the molecule is c1ccc(-c2ccc(C3=NC(c4ccccc4)NC(c4cccc(-c5ccc6c(c5)C5(c7ccccc7Oc7ccccc75)c5cc(-c7ccccc7)ccc5-6)c4)C3)cc2)cc1. The van der Waals surface area contributed by atoms with Crippen LogP contribution in [0.2, 0.25) is 0 Å². The fourth-order valence-electron chi connectivity index (χ4n) is 10.2. The molecule has 2 aliphatic heterocycles. The van der Waals surface area contributed by atoms with Crippen LogP contribution in [0.5, 0.6) is 11.5 Å². The lowest BCUT2D eigenvalue weighted by molar-refractivity contribution is 0.436. The highest BCUT2D eigenvalue weighted by Gasteiger charge is 2.51. The molecule has 0 radical (unpaired) electrons. The molecule has 62 heavy (non-hydrogen) atoms. The van der Waals surface area contributed by atoms with Gasteiger partial charge in [0.2, 0.25) is 0 Å².